The van der Waals surface area contributed by atoms with Crippen LogP contribution in [0.5, 0.6) is 0 Å². The number of nitrogens with zero attached hydrogens (tertiary/aromatic N) is 2. The summed E-state index contributed by atoms with van der Waals surface area (Å²) in [6, 6.07) is 3.90. The molecule has 0 saturated carbocycles. The number of hydrogen-bond acceptors (Lipinski definition) is 4. The first-order chi connectivity index (χ1) is 11.3. The number of rotatable bonds is 4. The summed E-state index contributed by atoms with van der Waals surface area (Å²) in [6.07, 6.45) is 5.37. The maximum atomic E-state index is 12.2. The average molecular weight is 333 g/mol. The Balaban J connectivity index is 1.70. The van der Waals surface area contributed by atoms with Gasteiger partial charge in [0.05, 0.1) is 0 Å². The van der Waals surface area contributed by atoms with E-state index in [1.165, 1.54) is 0 Å². The van der Waals surface area contributed by atoms with E-state index in [0.717, 1.165) is 12.0 Å². The highest BCUT2D eigenvalue weighted by Gasteiger charge is 2.29. The molecule has 0 aromatic carbocycles. The van der Waals surface area contributed by atoms with Crippen LogP contribution < -0.4 is 5.32 Å². The van der Waals surface area contributed by atoms with Gasteiger partial charge in [0, 0.05) is 37.9 Å². The highest BCUT2D eigenvalue weighted by atomic mass is 16.6. The summed E-state index contributed by atoms with van der Waals surface area (Å²) in [5.41, 5.74) is 0.670. The molecule has 1 aliphatic rings. The summed E-state index contributed by atoms with van der Waals surface area (Å²) in [5, 5.41) is 2.99. The third-order valence-electron chi connectivity index (χ3n) is 3.98. The van der Waals surface area contributed by atoms with Crippen molar-refractivity contribution in [3.8, 4) is 0 Å². The number of likely N-dealkylation sites (tertiary alicyclic amines) is 1. The van der Waals surface area contributed by atoms with Gasteiger partial charge in [-0.05, 0) is 57.7 Å². The van der Waals surface area contributed by atoms with Crippen molar-refractivity contribution in [2.45, 2.75) is 45.6 Å². The molecule has 1 aliphatic heterocycles. The molecule has 1 fully saturated rings. The molecule has 1 N–H and O–H groups in total. The van der Waals surface area contributed by atoms with Crippen molar-refractivity contribution in [1.82, 2.24) is 15.2 Å². The van der Waals surface area contributed by atoms with Crippen molar-refractivity contribution >= 4 is 12.0 Å². The predicted octanol–water partition coefficient (Wildman–Crippen LogP) is 2.39. The standard InChI is InChI=1S/C18H27N3O3/c1-18(2,3)24-17(23)21-12-7-15(8-13-21)16(22)20-11-6-14-4-9-19-10-5-14/h4-5,9-10,15H,6-8,11-13H2,1-3H3,(H,20,22). The van der Waals surface area contributed by atoms with Gasteiger partial charge in [0.1, 0.15) is 5.60 Å². The van der Waals surface area contributed by atoms with Crippen LogP contribution in [0.1, 0.15) is 39.2 Å². The number of aromatic nitrogens is 1. The Bertz CT molecular complexity index is 546. The van der Waals surface area contributed by atoms with Crippen LogP contribution in [0.25, 0.3) is 0 Å². The fourth-order valence-electron chi connectivity index (χ4n) is 2.67. The van der Waals surface area contributed by atoms with Crippen molar-refractivity contribution in [1.29, 1.82) is 0 Å². The second-order valence-electron chi connectivity index (χ2n) is 7.14. The molecule has 0 spiro atoms. The van der Waals surface area contributed by atoms with Gasteiger partial charge in [0.25, 0.3) is 0 Å². The lowest BCUT2D eigenvalue weighted by atomic mass is 9.96. The second kappa shape index (κ2) is 8.13. The molecule has 6 heteroatoms. The number of carbonyl (C=O) groups is 2. The lowest BCUT2D eigenvalue weighted by Crippen LogP contribution is -2.45. The van der Waals surface area contributed by atoms with E-state index in [0.29, 0.717) is 32.5 Å². The number of nitrogens with one attached hydrogen (secondary N) is 1. The highest BCUT2D eigenvalue weighted by Crippen LogP contribution is 2.19. The van der Waals surface area contributed by atoms with E-state index in [9.17, 15) is 9.59 Å². The van der Waals surface area contributed by atoms with Crippen molar-refractivity contribution < 1.29 is 14.3 Å². The lowest BCUT2D eigenvalue weighted by Gasteiger charge is -2.32. The number of piperidine rings is 1. The zero-order chi connectivity index (χ0) is 17.6. The van der Waals surface area contributed by atoms with Crippen molar-refractivity contribution in [2.75, 3.05) is 19.6 Å². The molecule has 2 amide bonds. The maximum absolute atomic E-state index is 12.2. The minimum absolute atomic E-state index is 0.0267. The van der Waals surface area contributed by atoms with Gasteiger partial charge < -0.3 is 15.0 Å². The fraction of sp³-hybridized carbons (Fsp3) is 0.611. The molecule has 1 aromatic rings. The van der Waals surface area contributed by atoms with Gasteiger partial charge >= 0.3 is 6.09 Å². The first kappa shape index (κ1) is 18.2. The largest absolute Gasteiger partial charge is 0.444 e. The third-order valence-corrected chi connectivity index (χ3v) is 3.98. The monoisotopic (exact) mass is 333 g/mol. The van der Waals surface area contributed by atoms with E-state index >= 15 is 0 Å². The lowest BCUT2D eigenvalue weighted by molar-refractivity contribution is -0.126. The van der Waals surface area contributed by atoms with E-state index in [1.807, 2.05) is 32.9 Å². The zero-order valence-electron chi connectivity index (χ0n) is 14.7. The van der Waals surface area contributed by atoms with Crippen molar-refractivity contribution in [3.05, 3.63) is 30.1 Å². The molecule has 0 unspecified atom stereocenters. The van der Waals surface area contributed by atoms with Crippen LogP contribution in [-0.2, 0) is 16.0 Å². The molecule has 0 atom stereocenters. The Hall–Kier alpha value is -2.11. The Kier molecular flexibility index (Phi) is 6.17. The van der Waals surface area contributed by atoms with E-state index < -0.39 is 5.60 Å². The Labute approximate surface area is 143 Å². The molecule has 2 rings (SSSR count). The smallest absolute Gasteiger partial charge is 0.410 e. The summed E-state index contributed by atoms with van der Waals surface area (Å²) in [7, 11) is 0. The van der Waals surface area contributed by atoms with Crippen LogP contribution in [0.15, 0.2) is 24.5 Å². The van der Waals surface area contributed by atoms with Gasteiger partial charge in [-0.1, -0.05) is 0 Å². The minimum Gasteiger partial charge on any atom is -0.444 e. The van der Waals surface area contributed by atoms with Gasteiger partial charge in [0.2, 0.25) is 5.91 Å². The normalized spacial score (nSPS) is 15.9. The first-order valence-electron chi connectivity index (χ1n) is 8.50. The van der Waals surface area contributed by atoms with Crippen LogP contribution in [0.3, 0.4) is 0 Å². The first-order valence-corrected chi connectivity index (χ1v) is 8.50. The number of carbonyl (C=O) groups excluding carboxylic acids is 2. The van der Waals surface area contributed by atoms with Crippen LogP contribution in [-0.4, -0.2) is 47.1 Å². The molecule has 0 aliphatic carbocycles. The number of pyridine rings is 1. The van der Waals surface area contributed by atoms with Gasteiger partial charge in [-0.25, -0.2) is 4.79 Å². The molecule has 24 heavy (non-hydrogen) atoms. The van der Waals surface area contributed by atoms with Crippen LogP contribution >= 0.6 is 0 Å². The summed E-state index contributed by atoms with van der Waals surface area (Å²) in [4.78, 5) is 29.9. The van der Waals surface area contributed by atoms with Gasteiger partial charge in [-0.3, -0.25) is 9.78 Å². The molecule has 132 valence electrons. The Morgan fingerprint density at radius 2 is 1.88 bits per heavy atom. The average Bonchev–Trinajstić information content (AvgIpc) is 2.54. The van der Waals surface area contributed by atoms with Crippen LogP contribution in [0, 0.1) is 5.92 Å². The minimum atomic E-state index is -0.488. The molecule has 0 radical (unpaired) electrons. The van der Waals surface area contributed by atoms with Gasteiger partial charge in [-0.2, -0.15) is 0 Å². The Morgan fingerprint density at radius 3 is 2.46 bits per heavy atom. The van der Waals surface area contributed by atoms with Crippen LogP contribution in [0.2, 0.25) is 0 Å². The van der Waals surface area contributed by atoms with Gasteiger partial charge in [-0.15, -0.1) is 0 Å². The third kappa shape index (κ3) is 5.83. The predicted molar refractivity (Wildman–Crippen MR) is 91.5 cm³/mol. The summed E-state index contributed by atoms with van der Waals surface area (Å²) in [6.45, 7) is 7.32. The maximum Gasteiger partial charge on any atom is 0.410 e. The zero-order valence-corrected chi connectivity index (χ0v) is 14.7. The molecular formula is C18H27N3O3. The van der Waals surface area contributed by atoms with Gasteiger partial charge in [0.15, 0.2) is 0 Å². The quantitative estimate of drug-likeness (QED) is 0.918. The molecular weight excluding hydrogens is 306 g/mol. The topological polar surface area (TPSA) is 71.5 Å². The van der Waals surface area contributed by atoms with E-state index in [4.69, 9.17) is 4.74 Å². The van der Waals surface area contributed by atoms with E-state index in [-0.39, 0.29) is 17.9 Å². The molecule has 2 heterocycles. The molecule has 0 bridgehead atoms. The Morgan fingerprint density at radius 1 is 1.25 bits per heavy atom. The summed E-state index contributed by atoms with van der Waals surface area (Å²) >= 11 is 0. The van der Waals surface area contributed by atoms with E-state index in [1.54, 1.807) is 17.3 Å². The van der Waals surface area contributed by atoms with Crippen molar-refractivity contribution in [2.24, 2.45) is 5.92 Å². The van der Waals surface area contributed by atoms with Crippen molar-refractivity contribution in [3.63, 3.8) is 0 Å². The van der Waals surface area contributed by atoms with E-state index in [2.05, 4.69) is 10.3 Å². The molecule has 1 aromatic heterocycles. The number of amides is 2. The highest BCUT2D eigenvalue weighted by molar-refractivity contribution is 5.79. The molecule has 1 saturated heterocycles. The molecule has 6 nitrogen and oxygen atoms in total. The van der Waals surface area contributed by atoms with Crippen LogP contribution in [0.4, 0.5) is 4.79 Å². The SMILES string of the molecule is CC(C)(C)OC(=O)N1CCC(C(=O)NCCc2ccncc2)CC1. The number of ether oxygens (including phenoxy) is 1. The fourth-order valence-corrected chi connectivity index (χ4v) is 2.67. The summed E-state index contributed by atoms with van der Waals surface area (Å²) in [5.74, 6) is 0.0500. The summed E-state index contributed by atoms with van der Waals surface area (Å²) < 4.78 is 5.37. The number of hydrogen-bond donors (Lipinski definition) is 1. The second-order valence-corrected chi connectivity index (χ2v) is 7.14.